The van der Waals surface area contributed by atoms with Gasteiger partial charge in [-0.15, -0.1) is 32.1 Å². The number of anilines is 4. The van der Waals surface area contributed by atoms with E-state index in [-0.39, 0.29) is 151 Å². The Labute approximate surface area is 765 Å². The zero-order valence-corrected chi connectivity index (χ0v) is 77.5. The zero-order valence-electron chi connectivity index (χ0n) is 77.5. The Hall–Kier alpha value is -13.3. The van der Waals surface area contributed by atoms with Gasteiger partial charge in [-0.2, -0.15) is 19.9 Å². The molecule has 132 heavy (non-hydrogen) atoms. The van der Waals surface area contributed by atoms with Gasteiger partial charge in [0.25, 0.3) is 22.2 Å². The fraction of sp³-hybridized carbons (Fsp3) is 0.573. The highest BCUT2D eigenvalue weighted by atomic mass is 16.7. The molecule has 0 aliphatic carbocycles. The lowest BCUT2D eigenvalue weighted by atomic mass is 9.85. The Morgan fingerprint density at radius 2 is 0.652 bits per heavy atom. The maximum atomic E-state index is 12.8. The van der Waals surface area contributed by atoms with Gasteiger partial charge in [-0.05, 0) is 32.1 Å². The third-order valence-electron chi connectivity index (χ3n) is 24.2. The van der Waals surface area contributed by atoms with Gasteiger partial charge in [-0.25, -0.2) is 19.9 Å². The van der Waals surface area contributed by atoms with E-state index in [1.165, 1.54) is 71.3 Å². The van der Waals surface area contributed by atoms with Crippen molar-refractivity contribution in [3.63, 3.8) is 0 Å². The molecule has 0 bridgehead atoms. The molecule has 13 rings (SSSR count). The van der Waals surface area contributed by atoms with E-state index in [0.29, 0.717) is 32.1 Å². The number of hydrogen-bond acceptors (Lipinski definition) is 31. The highest BCUT2D eigenvalue weighted by molar-refractivity contribution is 5.93. The van der Waals surface area contributed by atoms with Crippen molar-refractivity contribution >= 4 is 116 Å². The van der Waals surface area contributed by atoms with Gasteiger partial charge in [-0.3, -0.25) is 117 Å². The van der Waals surface area contributed by atoms with Gasteiger partial charge in [-0.1, -0.05) is 154 Å². The van der Waals surface area contributed by atoms with E-state index in [2.05, 4.69) is 111 Å². The van der Waals surface area contributed by atoms with Crippen molar-refractivity contribution in [2.45, 2.75) is 274 Å². The van der Waals surface area contributed by atoms with Crippen LogP contribution >= 0.6 is 0 Å². The summed E-state index contributed by atoms with van der Waals surface area (Å²) in [4.78, 5) is 187. The predicted molar refractivity (Wildman–Crippen MR) is 486 cm³/mol. The minimum Gasteiger partial charge on any atom is -0.457 e. The number of ether oxygens (including phenoxy) is 9. The van der Waals surface area contributed by atoms with Crippen molar-refractivity contribution in [3.8, 4) is 61.7 Å². The van der Waals surface area contributed by atoms with Crippen LogP contribution < -0.4 is 43.5 Å². The molecule has 0 saturated carbocycles. The van der Waals surface area contributed by atoms with Crippen LogP contribution in [0.3, 0.4) is 0 Å². The Balaban J connectivity index is 0.000000301. The molecule has 13 heterocycles. The number of aromatic amines is 4. The predicted octanol–water partition coefficient (Wildman–Crippen LogP) is 7.47. The maximum absolute atomic E-state index is 12.8. The number of rotatable bonds is 21. The summed E-state index contributed by atoms with van der Waals surface area (Å²) >= 11 is 0. The number of imidazole rings is 4. The summed E-state index contributed by atoms with van der Waals surface area (Å²) in [5, 5.41) is 31.6. The summed E-state index contributed by atoms with van der Waals surface area (Å²) in [6.07, 6.45) is 28.1. The van der Waals surface area contributed by atoms with Crippen LogP contribution in [-0.4, -0.2) is 201 Å². The molecular formula is C89H122N20O23. The number of carbonyl (C=O) groups is 8. The van der Waals surface area contributed by atoms with Crippen molar-refractivity contribution in [1.29, 1.82) is 0 Å². The van der Waals surface area contributed by atoms with Crippen molar-refractivity contribution in [3.05, 3.63) is 66.7 Å². The highest BCUT2D eigenvalue weighted by Gasteiger charge is 2.58. The van der Waals surface area contributed by atoms with Crippen LogP contribution in [0.25, 0.3) is 44.7 Å². The molecule has 43 nitrogen and oxygen atoms in total. The molecule has 4 amide bonds. The van der Waals surface area contributed by atoms with Crippen LogP contribution in [0.1, 0.15) is 215 Å². The molecule has 43 heteroatoms. The molecule has 8 aromatic heterocycles. The summed E-state index contributed by atoms with van der Waals surface area (Å²) < 4.78 is 57.1. The molecule has 5 aliphatic rings. The fourth-order valence-corrected chi connectivity index (χ4v) is 15.9. The zero-order chi connectivity index (χ0) is 98.2. The highest BCUT2D eigenvalue weighted by Crippen LogP contribution is 2.49. The van der Waals surface area contributed by atoms with E-state index in [1.54, 1.807) is 55.4 Å². The maximum Gasteiger partial charge on any atom is 0.305 e. The Bertz CT molecular complexity index is 6190. The number of amides is 4. The van der Waals surface area contributed by atoms with E-state index in [9.17, 15) is 67.7 Å². The first-order chi connectivity index (χ1) is 62.1. The molecule has 5 fully saturated rings. The average Bonchev–Trinajstić information content (AvgIpc) is 1.57. The normalized spacial score (nSPS) is 27.9. The van der Waals surface area contributed by atoms with Gasteiger partial charge < -0.3 is 52.8 Å². The quantitative estimate of drug-likeness (QED) is 0.0189. The SMILES string of the molecule is C#C[C@]1(CC)OC(OC(C)=O)[C@@H](OC(C)=O)C1C.C#C[C@]1(CC)O[C@@H](n2cnc3c(=O)[nH]c(NC(=O)C(C)C)nc32)[C@@H](O)C1C.C#C[C@]1(CC)O[C@@H](n2cnc3c(=O)[nH]c(NC(=O)C(C)C)nc32)[C@@H](OC(C)=O)C1C.C#C[C@]1(CC)O[C@@H](n2cnc3nc(NC(=O)C(C)C)[nH]c(=O)c32)[C@@H](O)C1C.C#C[C@]1(CC)O[C@@H](n2cnc3nc(NC(=O)C(C)C)[nH]c(=O)c32)[C@@H](OC(C)=O)C1C.[HH].[HH].[HH].[HH]. The van der Waals surface area contributed by atoms with Crippen LogP contribution in [0.15, 0.2) is 44.5 Å². The van der Waals surface area contributed by atoms with Crippen LogP contribution in [-0.2, 0) is 81.0 Å². The molecule has 8 aromatic rings. The third-order valence-corrected chi connectivity index (χ3v) is 24.2. The third kappa shape index (κ3) is 20.5. The van der Waals surface area contributed by atoms with Crippen LogP contribution in [0, 0.1) is 115 Å². The van der Waals surface area contributed by atoms with Crippen molar-refractivity contribution in [2.75, 3.05) is 21.3 Å². The number of nitrogens with one attached hydrogen (secondary N) is 8. The summed E-state index contributed by atoms with van der Waals surface area (Å²) in [7, 11) is 0. The first-order valence-corrected chi connectivity index (χ1v) is 43.0. The number of aromatic nitrogens is 16. The standard InChI is InChI=1S/2C20H25N5O5.2C18H23N5O4.C13H18O5.4H2/c1-7-20(8-2)11(5)14(29-12(6)26)18(30-20)25-9-21-15-13(25)17(28)24-19(22-15)23-16(27)10(3)4;1-7-20(8-2)11(5)14(29-12(6)26)18(30-20)25-9-21-13-15(25)22-19(24-17(13)28)23-16(27)10(3)4;1-6-18(7-2)10(5)12(24)16(27-18)23-8-19-13-11(23)15(26)22-17(20-13)21-14(25)9(3)4;1-6-18(7-2)10(5)12(24)16(27-18)23-8-19-11-13(23)20-17(22-15(11)26)21-14(25)9(3)4;1-6-13(7-2)8(3)11(16-9(4)14)12(18-13)17-10(5)15;;;;/h2*1,9-11,14,18H,8H2,2-6H3,(H2,22,23,24,27,28);2*1,8-10,12,16,24H,7H2,2-5H3,(H2,20,21,22,25,26);1,8,11-12H,7H2,2-5H3;4*1H/t2*11?,14-,18+,20+;2*10?,12-,16+,18+;8?,11-,12?,13+;;;;/m00000..../s1. The van der Waals surface area contributed by atoms with Gasteiger partial charge in [0, 0.05) is 86.7 Å². The molecule has 0 radical (unpaired) electrons. The van der Waals surface area contributed by atoms with Crippen LogP contribution in [0.5, 0.6) is 0 Å². The molecule has 6 unspecified atom stereocenters. The van der Waals surface area contributed by atoms with Gasteiger partial charge in [0.2, 0.25) is 53.7 Å². The van der Waals surface area contributed by atoms with E-state index in [4.69, 9.17) is 74.7 Å². The number of carbonyl (C=O) groups excluding carboxylic acids is 8. The minimum atomic E-state index is -0.966. The number of nitrogens with zero attached hydrogens (tertiary/aromatic N) is 12. The molecule has 0 spiro atoms. The summed E-state index contributed by atoms with van der Waals surface area (Å²) in [5.74, 6) is 7.48. The summed E-state index contributed by atoms with van der Waals surface area (Å²) in [6, 6.07) is 0. The first kappa shape index (κ1) is 102. The first-order valence-electron chi connectivity index (χ1n) is 43.0. The van der Waals surface area contributed by atoms with Crippen molar-refractivity contribution in [2.24, 2.45) is 53.3 Å². The molecule has 0 aromatic carbocycles. The molecule has 20 atom stereocenters. The van der Waals surface area contributed by atoms with E-state index < -0.39 is 136 Å². The molecular weight excluding hydrogens is 1720 g/mol. The van der Waals surface area contributed by atoms with Crippen LogP contribution in [0.2, 0.25) is 0 Å². The van der Waals surface area contributed by atoms with Crippen molar-refractivity contribution in [1.82, 2.24) is 78.1 Å². The second-order valence-corrected chi connectivity index (χ2v) is 33.7. The van der Waals surface area contributed by atoms with Gasteiger partial charge in [0.05, 0.1) is 12.7 Å². The Kier molecular flexibility index (Phi) is 32.1. The van der Waals surface area contributed by atoms with Gasteiger partial charge in [0.1, 0.15) is 52.9 Å². The molecule has 716 valence electrons. The van der Waals surface area contributed by atoms with Gasteiger partial charge in [0.15, 0.2) is 87.9 Å². The van der Waals surface area contributed by atoms with Gasteiger partial charge >= 0.3 is 23.9 Å². The largest absolute Gasteiger partial charge is 0.457 e. The fourth-order valence-electron chi connectivity index (χ4n) is 15.9. The monoisotopic (exact) mass is 1840 g/mol. The molecule has 5 aliphatic heterocycles. The molecule has 5 saturated heterocycles. The topological polar surface area (TPSA) is 562 Å². The lowest BCUT2D eigenvalue weighted by Gasteiger charge is -2.25. The summed E-state index contributed by atoms with van der Waals surface area (Å²) in [5.41, 5.74) is -5.68. The number of aliphatic hydroxyl groups excluding tert-OH is 2. The number of aliphatic hydroxyl groups is 2. The molecule has 10 N–H and O–H groups in total. The summed E-state index contributed by atoms with van der Waals surface area (Å²) in [6.45, 7) is 37.5. The number of H-pyrrole nitrogens is 4. The van der Waals surface area contributed by atoms with Crippen molar-refractivity contribution < 1.29 is 96.9 Å². The van der Waals surface area contributed by atoms with E-state index in [1.807, 2.05) is 69.2 Å². The lowest BCUT2D eigenvalue weighted by Crippen LogP contribution is -2.36. The number of terminal acetylenes is 5. The second-order valence-electron chi connectivity index (χ2n) is 33.7. The van der Waals surface area contributed by atoms with Crippen LogP contribution in [0.4, 0.5) is 23.8 Å². The van der Waals surface area contributed by atoms with E-state index >= 15 is 0 Å². The smallest absolute Gasteiger partial charge is 0.305 e. The number of fused-ring (bicyclic) bond motifs is 4. The minimum absolute atomic E-state index is 0. The number of hydrogen-bond donors (Lipinski definition) is 10. The Morgan fingerprint density at radius 1 is 0.394 bits per heavy atom. The van der Waals surface area contributed by atoms with E-state index in [0.717, 1.165) is 0 Å². The lowest BCUT2D eigenvalue weighted by molar-refractivity contribution is -0.199. The average molecular weight is 1840 g/mol. The number of esters is 4. The second kappa shape index (κ2) is 41.4. The Morgan fingerprint density at radius 3 is 0.962 bits per heavy atom.